The summed E-state index contributed by atoms with van der Waals surface area (Å²) in [5, 5.41) is 0.304. The van der Waals surface area contributed by atoms with Crippen molar-refractivity contribution >= 4 is 54.8 Å². The van der Waals surface area contributed by atoms with E-state index in [2.05, 4.69) is 4.98 Å². The number of fused-ring (bicyclic) bond motifs is 1. The summed E-state index contributed by atoms with van der Waals surface area (Å²) >= 11 is 1.18. The van der Waals surface area contributed by atoms with Gasteiger partial charge in [0.2, 0.25) is 5.91 Å². The molecule has 10 heteroatoms. The lowest BCUT2D eigenvalue weighted by molar-refractivity contribution is -0.116. The Bertz CT molecular complexity index is 1150. The fourth-order valence-electron chi connectivity index (χ4n) is 2.96. The highest BCUT2D eigenvalue weighted by molar-refractivity contribution is 7.92. The molecule has 6 nitrogen and oxygen atoms in total. The Kier molecular flexibility index (Phi) is 8.53. The standard InChI is InChI=1S/C21H24FN3O3S2.ClH/c1-15-8-10-16(11-9-15)30(27,28)14-19(26)25(13-5-12-24(2)3)21-23-20-17(22)6-4-7-18(20)29-21;/h4,6-11H,5,12-14H2,1-3H3;1H. The van der Waals surface area contributed by atoms with Crippen LogP contribution in [0.2, 0.25) is 0 Å². The van der Waals surface area contributed by atoms with Crippen LogP contribution < -0.4 is 4.90 Å². The maximum Gasteiger partial charge on any atom is 0.244 e. The predicted octanol–water partition coefficient (Wildman–Crippen LogP) is 3.92. The number of thiazole rings is 1. The number of nitrogens with zero attached hydrogens (tertiary/aromatic N) is 3. The van der Waals surface area contributed by atoms with Gasteiger partial charge in [-0.2, -0.15) is 0 Å². The highest BCUT2D eigenvalue weighted by Crippen LogP contribution is 2.30. The Morgan fingerprint density at radius 2 is 1.77 bits per heavy atom. The second kappa shape index (κ2) is 10.5. The molecule has 0 unspecified atom stereocenters. The van der Waals surface area contributed by atoms with Crippen molar-refractivity contribution in [3.8, 4) is 0 Å². The highest BCUT2D eigenvalue weighted by atomic mass is 35.5. The molecule has 31 heavy (non-hydrogen) atoms. The molecule has 0 radical (unpaired) electrons. The lowest BCUT2D eigenvalue weighted by Crippen LogP contribution is -2.37. The number of amides is 1. The van der Waals surface area contributed by atoms with Gasteiger partial charge < -0.3 is 4.90 Å². The minimum atomic E-state index is -3.81. The van der Waals surface area contributed by atoms with Crippen molar-refractivity contribution in [2.45, 2.75) is 18.2 Å². The summed E-state index contributed by atoms with van der Waals surface area (Å²) in [6, 6.07) is 11.0. The molecule has 0 atom stereocenters. The molecule has 3 aromatic rings. The lowest BCUT2D eigenvalue weighted by atomic mass is 10.2. The molecule has 3 rings (SSSR count). The van der Waals surface area contributed by atoms with E-state index in [9.17, 15) is 17.6 Å². The van der Waals surface area contributed by atoms with Gasteiger partial charge in [-0.05, 0) is 58.3 Å². The second-order valence-electron chi connectivity index (χ2n) is 7.36. The third-order valence-electron chi connectivity index (χ3n) is 4.57. The van der Waals surface area contributed by atoms with Gasteiger partial charge in [-0.25, -0.2) is 17.8 Å². The van der Waals surface area contributed by atoms with Gasteiger partial charge >= 0.3 is 0 Å². The highest BCUT2D eigenvalue weighted by Gasteiger charge is 2.26. The van der Waals surface area contributed by atoms with E-state index < -0.39 is 27.3 Å². The molecule has 1 aromatic heterocycles. The lowest BCUT2D eigenvalue weighted by Gasteiger charge is -2.21. The number of aryl methyl sites for hydroxylation is 1. The van der Waals surface area contributed by atoms with Crippen molar-refractivity contribution in [1.29, 1.82) is 0 Å². The first kappa shape index (κ1) is 25.2. The zero-order valence-corrected chi connectivity index (χ0v) is 20.0. The van der Waals surface area contributed by atoms with Crippen LogP contribution in [0, 0.1) is 12.7 Å². The van der Waals surface area contributed by atoms with E-state index in [1.165, 1.54) is 34.4 Å². The Labute approximate surface area is 192 Å². The zero-order valence-electron chi connectivity index (χ0n) is 17.5. The number of anilines is 1. The van der Waals surface area contributed by atoms with Gasteiger partial charge in [0.05, 0.1) is 9.60 Å². The molecule has 168 valence electrons. The van der Waals surface area contributed by atoms with Crippen LogP contribution in [0.4, 0.5) is 9.52 Å². The number of carbonyl (C=O) groups excluding carboxylic acids is 1. The Morgan fingerprint density at radius 1 is 1.10 bits per heavy atom. The molecule has 0 bridgehead atoms. The van der Waals surface area contributed by atoms with E-state index in [1.54, 1.807) is 24.3 Å². The van der Waals surface area contributed by atoms with Crippen LogP contribution in [-0.2, 0) is 14.6 Å². The Hall–Kier alpha value is -2.07. The number of sulfone groups is 1. The average Bonchev–Trinajstić information content (AvgIpc) is 3.10. The van der Waals surface area contributed by atoms with E-state index >= 15 is 0 Å². The fourth-order valence-corrected chi connectivity index (χ4v) is 5.18. The summed E-state index contributed by atoms with van der Waals surface area (Å²) in [5.74, 6) is -1.71. The minimum absolute atomic E-state index is 0. The fraction of sp³-hybridized carbons (Fsp3) is 0.333. The normalized spacial score (nSPS) is 11.5. The summed E-state index contributed by atoms with van der Waals surface area (Å²) in [6.45, 7) is 2.87. The monoisotopic (exact) mass is 485 g/mol. The van der Waals surface area contributed by atoms with Gasteiger partial charge in [-0.15, -0.1) is 12.4 Å². The quantitative estimate of drug-likeness (QED) is 0.483. The van der Waals surface area contributed by atoms with E-state index in [-0.39, 0.29) is 22.8 Å². The second-order valence-corrected chi connectivity index (χ2v) is 10.4. The minimum Gasteiger partial charge on any atom is -0.309 e. The topological polar surface area (TPSA) is 70.6 Å². The number of hydrogen-bond donors (Lipinski definition) is 0. The van der Waals surface area contributed by atoms with Crippen LogP contribution in [0.3, 0.4) is 0 Å². The smallest absolute Gasteiger partial charge is 0.244 e. The number of rotatable bonds is 8. The molecule has 1 heterocycles. The van der Waals surface area contributed by atoms with Crippen molar-refractivity contribution in [3.63, 3.8) is 0 Å². The number of hydrogen-bond acceptors (Lipinski definition) is 6. The first-order valence-electron chi connectivity index (χ1n) is 9.47. The van der Waals surface area contributed by atoms with Crippen molar-refractivity contribution in [1.82, 2.24) is 9.88 Å². The third kappa shape index (κ3) is 6.22. The van der Waals surface area contributed by atoms with Crippen LogP contribution in [0.15, 0.2) is 47.4 Å². The summed E-state index contributed by atoms with van der Waals surface area (Å²) in [6.07, 6.45) is 0.627. The summed E-state index contributed by atoms with van der Waals surface area (Å²) in [7, 11) is 0.0277. The van der Waals surface area contributed by atoms with Crippen LogP contribution in [0.25, 0.3) is 10.2 Å². The maximum atomic E-state index is 14.1. The summed E-state index contributed by atoms with van der Waals surface area (Å²) in [4.78, 5) is 20.8. The van der Waals surface area contributed by atoms with Crippen molar-refractivity contribution in [3.05, 3.63) is 53.8 Å². The van der Waals surface area contributed by atoms with E-state index in [0.29, 0.717) is 29.3 Å². The van der Waals surface area contributed by atoms with E-state index in [1.807, 2.05) is 25.9 Å². The van der Waals surface area contributed by atoms with Gasteiger partial charge in [0.25, 0.3) is 0 Å². The van der Waals surface area contributed by atoms with Crippen LogP contribution in [0.1, 0.15) is 12.0 Å². The van der Waals surface area contributed by atoms with E-state index in [0.717, 1.165) is 5.56 Å². The first-order valence-corrected chi connectivity index (χ1v) is 11.9. The van der Waals surface area contributed by atoms with Gasteiger partial charge in [0.1, 0.15) is 17.1 Å². The largest absolute Gasteiger partial charge is 0.309 e. The van der Waals surface area contributed by atoms with E-state index in [4.69, 9.17) is 0 Å². The molecule has 2 aromatic carbocycles. The van der Waals surface area contributed by atoms with Gasteiger partial charge in [-0.3, -0.25) is 9.69 Å². The molecule has 0 saturated heterocycles. The Morgan fingerprint density at radius 3 is 2.39 bits per heavy atom. The first-order chi connectivity index (χ1) is 14.2. The number of carbonyl (C=O) groups is 1. The van der Waals surface area contributed by atoms with Crippen molar-refractivity contribution in [2.75, 3.05) is 37.8 Å². The van der Waals surface area contributed by atoms with Gasteiger partial charge in [0.15, 0.2) is 15.0 Å². The molecule has 0 saturated carbocycles. The molecule has 0 fully saturated rings. The third-order valence-corrected chi connectivity index (χ3v) is 7.23. The number of benzene rings is 2. The number of aromatic nitrogens is 1. The predicted molar refractivity (Wildman–Crippen MR) is 126 cm³/mol. The molecule has 0 N–H and O–H groups in total. The van der Waals surface area contributed by atoms with Gasteiger partial charge in [0, 0.05) is 6.54 Å². The number of halogens is 2. The van der Waals surface area contributed by atoms with Crippen molar-refractivity contribution in [2.24, 2.45) is 0 Å². The summed E-state index contributed by atoms with van der Waals surface area (Å²) < 4.78 is 40.2. The van der Waals surface area contributed by atoms with Gasteiger partial charge in [-0.1, -0.05) is 35.1 Å². The zero-order chi connectivity index (χ0) is 21.9. The summed E-state index contributed by atoms with van der Waals surface area (Å²) in [5.41, 5.74) is 1.12. The molecule has 0 aliphatic carbocycles. The number of para-hydroxylation sites is 1. The average molecular weight is 486 g/mol. The Balaban J connectivity index is 0.00000341. The maximum absolute atomic E-state index is 14.1. The SMILES string of the molecule is Cc1ccc(S(=O)(=O)CC(=O)N(CCCN(C)C)c2nc3c(F)cccc3s2)cc1.Cl. The molecular formula is C21H25ClFN3O3S2. The van der Waals surface area contributed by atoms with Crippen LogP contribution >= 0.6 is 23.7 Å². The molecule has 0 aliphatic rings. The van der Waals surface area contributed by atoms with Crippen LogP contribution in [0.5, 0.6) is 0 Å². The molecule has 1 amide bonds. The molecule has 0 spiro atoms. The van der Waals surface area contributed by atoms with Crippen molar-refractivity contribution < 1.29 is 17.6 Å². The molecular weight excluding hydrogens is 461 g/mol. The molecule has 0 aliphatic heterocycles. The van der Waals surface area contributed by atoms with Crippen LogP contribution in [-0.4, -0.2) is 57.1 Å².